The lowest BCUT2D eigenvalue weighted by Gasteiger charge is -2.21. The van der Waals surface area contributed by atoms with Crippen molar-refractivity contribution in [3.63, 3.8) is 0 Å². The highest BCUT2D eigenvalue weighted by molar-refractivity contribution is 7.98. The zero-order valence-corrected chi connectivity index (χ0v) is 16.5. The van der Waals surface area contributed by atoms with Crippen LogP contribution in [0.25, 0.3) is 0 Å². The maximum absolute atomic E-state index is 12.2. The molecule has 0 bridgehead atoms. The molecule has 1 aromatic carbocycles. The molecule has 2 fully saturated rings. The highest BCUT2D eigenvalue weighted by Crippen LogP contribution is 2.51. The van der Waals surface area contributed by atoms with E-state index in [9.17, 15) is 4.79 Å². The van der Waals surface area contributed by atoms with Crippen molar-refractivity contribution in [2.45, 2.75) is 19.1 Å². The molecule has 2 amide bonds. The number of hydrogen-bond donors (Lipinski definition) is 1. The van der Waals surface area contributed by atoms with Gasteiger partial charge in [0.1, 0.15) is 0 Å². The lowest BCUT2D eigenvalue weighted by Crippen LogP contribution is -2.41. The number of fused-ring (bicyclic) bond motifs is 1. The number of amides is 2. The van der Waals surface area contributed by atoms with E-state index in [0.29, 0.717) is 0 Å². The predicted octanol–water partition coefficient (Wildman–Crippen LogP) is 3.07. The molecular weight excluding hydrogens is 330 g/mol. The van der Waals surface area contributed by atoms with E-state index >= 15 is 0 Å². The third-order valence-corrected chi connectivity index (χ3v) is 6.44. The van der Waals surface area contributed by atoms with Crippen LogP contribution in [-0.2, 0) is 5.75 Å². The summed E-state index contributed by atoms with van der Waals surface area (Å²) < 4.78 is 0. The highest BCUT2D eigenvalue weighted by atomic mass is 32.2. The van der Waals surface area contributed by atoms with Gasteiger partial charge in [-0.05, 0) is 56.5 Å². The summed E-state index contributed by atoms with van der Waals surface area (Å²) in [5, 5.41) is 3.09. The third-order valence-electron chi connectivity index (χ3n) is 5.33. The molecule has 3 rings (SSSR count). The minimum atomic E-state index is 0.138. The molecule has 1 saturated heterocycles. The van der Waals surface area contributed by atoms with Crippen LogP contribution in [0.3, 0.4) is 0 Å². The second-order valence-electron chi connectivity index (χ2n) is 7.79. The number of rotatable bonds is 8. The number of nitrogens with zero attached hydrogens (tertiary/aromatic N) is 2. The van der Waals surface area contributed by atoms with E-state index in [-0.39, 0.29) is 6.03 Å². The second kappa shape index (κ2) is 8.45. The summed E-state index contributed by atoms with van der Waals surface area (Å²) in [6.45, 7) is 6.00. The topological polar surface area (TPSA) is 35.6 Å². The average molecular weight is 362 g/mol. The summed E-state index contributed by atoms with van der Waals surface area (Å²) in [4.78, 5) is 16.5. The normalized spacial score (nSPS) is 24.5. The fourth-order valence-corrected chi connectivity index (χ4v) is 4.89. The van der Waals surface area contributed by atoms with Gasteiger partial charge in [0.05, 0.1) is 0 Å². The Bertz CT molecular complexity index is 580. The lowest BCUT2D eigenvalue weighted by atomic mass is 10.2. The zero-order valence-electron chi connectivity index (χ0n) is 15.7. The summed E-state index contributed by atoms with van der Waals surface area (Å²) in [6, 6.07) is 8.82. The Labute approximate surface area is 156 Å². The average Bonchev–Trinajstić information content (AvgIpc) is 3.01. The summed E-state index contributed by atoms with van der Waals surface area (Å²) in [7, 11) is 4.27. The molecule has 1 N–H and O–H groups in total. The maximum atomic E-state index is 12.2. The maximum Gasteiger partial charge on any atom is 0.317 e. The quantitative estimate of drug-likeness (QED) is 0.723. The van der Waals surface area contributed by atoms with Crippen molar-refractivity contribution in [2.75, 3.05) is 46.0 Å². The number of carbonyl (C=O) groups is 1. The van der Waals surface area contributed by atoms with Crippen molar-refractivity contribution in [1.29, 1.82) is 0 Å². The monoisotopic (exact) mass is 361 g/mol. The molecule has 3 atom stereocenters. The molecule has 5 heteroatoms. The van der Waals surface area contributed by atoms with Crippen molar-refractivity contribution < 1.29 is 4.79 Å². The molecule has 25 heavy (non-hydrogen) atoms. The fourth-order valence-electron chi connectivity index (χ4n) is 3.98. The first-order valence-corrected chi connectivity index (χ1v) is 10.5. The first-order valence-electron chi connectivity index (χ1n) is 9.35. The van der Waals surface area contributed by atoms with Gasteiger partial charge in [0.25, 0.3) is 0 Å². The van der Waals surface area contributed by atoms with Crippen LogP contribution in [-0.4, -0.2) is 61.9 Å². The van der Waals surface area contributed by atoms with Gasteiger partial charge in [-0.1, -0.05) is 29.8 Å². The van der Waals surface area contributed by atoms with Crippen molar-refractivity contribution in [2.24, 2.45) is 17.8 Å². The Morgan fingerprint density at radius 1 is 1.32 bits per heavy atom. The van der Waals surface area contributed by atoms with E-state index in [2.05, 4.69) is 55.5 Å². The SMILES string of the molecule is Cc1cccc(CSCCCNC(=O)N2C[C@@H]3C(CN(C)C)[C@@H]3C2)c1. The molecule has 2 aliphatic rings. The molecule has 4 nitrogen and oxygen atoms in total. The Hall–Kier alpha value is -1.20. The van der Waals surface area contributed by atoms with Crippen molar-refractivity contribution >= 4 is 17.8 Å². The Kier molecular flexibility index (Phi) is 6.29. The van der Waals surface area contributed by atoms with Crippen molar-refractivity contribution in [3.05, 3.63) is 35.4 Å². The molecule has 1 aliphatic carbocycles. The summed E-state index contributed by atoms with van der Waals surface area (Å²) in [5.41, 5.74) is 2.71. The van der Waals surface area contributed by atoms with E-state index in [1.165, 1.54) is 17.7 Å². The van der Waals surface area contributed by atoms with Gasteiger partial charge in [-0.25, -0.2) is 4.79 Å². The van der Waals surface area contributed by atoms with Gasteiger partial charge < -0.3 is 15.1 Å². The van der Waals surface area contributed by atoms with Gasteiger partial charge >= 0.3 is 6.03 Å². The highest BCUT2D eigenvalue weighted by Gasteiger charge is 2.56. The first kappa shape index (κ1) is 18.6. The van der Waals surface area contributed by atoms with Gasteiger partial charge in [0, 0.05) is 31.9 Å². The molecule has 0 aromatic heterocycles. The van der Waals surface area contributed by atoms with Crippen molar-refractivity contribution in [3.8, 4) is 0 Å². The largest absolute Gasteiger partial charge is 0.338 e. The second-order valence-corrected chi connectivity index (χ2v) is 8.89. The molecule has 1 heterocycles. The minimum absolute atomic E-state index is 0.138. The van der Waals surface area contributed by atoms with Crippen LogP contribution in [0.4, 0.5) is 4.79 Å². The zero-order chi connectivity index (χ0) is 17.8. The Morgan fingerprint density at radius 3 is 2.76 bits per heavy atom. The van der Waals surface area contributed by atoms with Gasteiger partial charge in [0.2, 0.25) is 0 Å². The number of carbonyl (C=O) groups excluding carboxylic acids is 1. The lowest BCUT2D eigenvalue weighted by molar-refractivity contribution is 0.198. The molecule has 1 saturated carbocycles. The molecule has 1 unspecified atom stereocenters. The van der Waals surface area contributed by atoms with Crippen LogP contribution < -0.4 is 5.32 Å². The third kappa shape index (κ3) is 5.14. The van der Waals surface area contributed by atoms with Crippen LogP contribution in [0.1, 0.15) is 17.5 Å². The molecular formula is C20H31N3OS. The molecule has 1 aromatic rings. The smallest absolute Gasteiger partial charge is 0.317 e. The summed E-state index contributed by atoms with van der Waals surface area (Å²) >= 11 is 1.94. The number of likely N-dealkylation sites (tertiary alicyclic amines) is 1. The number of thioether (sulfide) groups is 1. The standard InChI is InChI=1S/C20H31N3OS/c1-15-6-4-7-16(10-15)14-25-9-5-8-21-20(24)23-12-18-17(11-22(2)3)19(18)13-23/h4,6-7,10,17-19H,5,8-9,11-14H2,1-3H3,(H,21,24)/t17?,18-,19+. The fraction of sp³-hybridized carbons (Fsp3) is 0.650. The summed E-state index contributed by atoms with van der Waals surface area (Å²) in [6.07, 6.45) is 1.03. The van der Waals surface area contributed by atoms with E-state index in [4.69, 9.17) is 0 Å². The van der Waals surface area contributed by atoms with Crippen molar-refractivity contribution in [1.82, 2.24) is 15.1 Å². The number of urea groups is 1. The number of benzene rings is 1. The van der Waals surface area contributed by atoms with Crippen LogP contribution in [0, 0.1) is 24.7 Å². The van der Waals surface area contributed by atoms with E-state index in [1.54, 1.807) is 0 Å². The van der Waals surface area contributed by atoms with E-state index in [1.807, 2.05) is 16.7 Å². The number of piperidine rings is 1. The van der Waals surface area contributed by atoms with Crippen LogP contribution >= 0.6 is 11.8 Å². The predicted molar refractivity (Wildman–Crippen MR) is 106 cm³/mol. The molecule has 1 aliphatic heterocycles. The minimum Gasteiger partial charge on any atom is -0.338 e. The molecule has 0 spiro atoms. The van der Waals surface area contributed by atoms with Gasteiger partial charge in [-0.15, -0.1) is 0 Å². The van der Waals surface area contributed by atoms with Gasteiger partial charge in [-0.2, -0.15) is 11.8 Å². The van der Waals surface area contributed by atoms with E-state index < -0.39 is 0 Å². The van der Waals surface area contributed by atoms with Gasteiger partial charge in [-0.3, -0.25) is 0 Å². The summed E-state index contributed by atoms with van der Waals surface area (Å²) in [5.74, 6) is 4.45. The number of aryl methyl sites for hydroxylation is 1. The number of hydrogen-bond acceptors (Lipinski definition) is 3. The molecule has 138 valence electrons. The Balaban J connectivity index is 1.24. The van der Waals surface area contributed by atoms with Crippen LogP contribution in [0.2, 0.25) is 0 Å². The van der Waals surface area contributed by atoms with Crippen LogP contribution in [0.5, 0.6) is 0 Å². The molecule has 0 radical (unpaired) electrons. The number of nitrogens with one attached hydrogen (secondary N) is 1. The first-order chi connectivity index (χ1) is 12.0. The van der Waals surface area contributed by atoms with E-state index in [0.717, 1.165) is 55.3 Å². The Morgan fingerprint density at radius 2 is 2.08 bits per heavy atom. The van der Waals surface area contributed by atoms with Gasteiger partial charge in [0.15, 0.2) is 0 Å². The van der Waals surface area contributed by atoms with Crippen LogP contribution in [0.15, 0.2) is 24.3 Å².